The Bertz CT molecular complexity index is 802. The molecule has 0 aromatic heterocycles. The molecule has 0 radical (unpaired) electrons. The van der Waals surface area contributed by atoms with Crippen molar-refractivity contribution >= 4 is 35.5 Å². The zero-order chi connectivity index (χ0) is 18.5. The molecular formula is C20H20ClFN2OS. The van der Waals surface area contributed by atoms with Crippen molar-refractivity contribution in [3.63, 3.8) is 0 Å². The van der Waals surface area contributed by atoms with Gasteiger partial charge in [-0.3, -0.25) is 4.79 Å². The van der Waals surface area contributed by atoms with Gasteiger partial charge >= 0.3 is 0 Å². The third kappa shape index (κ3) is 5.10. The van der Waals surface area contributed by atoms with Gasteiger partial charge in [0.15, 0.2) is 0 Å². The number of rotatable bonds is 4. The van der Waals surface area contributed by atoms with Gasteiger partial charge in [-0.25, -0.2) is 8.70 Å². The maximum absolute atomic E-state index is 13.8. The van der Waals surface area contributed by atoms with E-state index in [4.69, 9.17) is 11.6 Å². The largest absolute Gasteiger partial charge is 0.337 e. The molecular weight excluding hydrogens is 371 g/mol. The van der Waals surface area contributed by atoms with Gasteiger partial charge in [0.25, 0.3) is 0 Å². The molecule has 1 aliphatic rings. The third-order valence-corrected chi connectivity index (χ3v) is 5.52. The van der Waals surface area contributed by atoms with E-state index in [1.165, 1.54) is 28.7 Å². The summed E-state index contributed by atoms with van der Waals surface area (Å²) in [7, 11) is 0. The molecule has 1 fully saturated rings. The number of piperazine rings is 1. The van der Waals surface area contributed by atoms with Crippen molar-refractivity contribution in [2.75, 3.05) is 26.2 Å². The van der Waals surface area contributed by atoms with Crippen molar-refractivity contribution in [2.45, 2.75) is 11.8 Å². The van der Waals surface area contributed by atoms with E-state index in [1.807, 2.05) is 0 Å². The summed E-state index contributed by atoms with van der Waals surface area (Å²) in [5.41, 5.74) is 1.60. The Kier molecular flexibility index (Phi) is 6.35. The predicted molar refractivity (Wildman–Crippen MR) is 106 cm³/mol. The number of hydrogen-bond acceptors (Lipinski definition) is 3. The first-order valence-electron chi connectivity index (χ1n) is 8.43. The second-order valence-corrected chi connectivity index (χ2v) is 7.76. The smallest absolute Gasteiger partial charge is 0.246 e. The first-order chi connectivity index (χ1) is 12.5. The zero-order valence-electron chi connectivity index (χ0n) is 14.5. The van der Waals surface area contributed by atoms with Crippen molar-refractivity contribution in [1.82, 2.24) is 9.21 Å². The maximum Gasteiger partial charge on any atom is 0.246 e. The quantitative estimate of drug-likeness (QED) is 0.560. The summed E-state index contributed by atoms with van der Waals surface area (Å²) in [6.07, 6.45) is 2.93. The molecule has 0 aliphatic carbocycles. The average molecular weight is 391 g/mol. The summed E-state index contributed by atoms with van der Waals surface area (Å²) in [5, 5.41) is 0.341. The second kappa shape index (κ2) is 8.71. The maximum atomic E-state index is 13.8. The minimum absolute atomic E-state index is 0.0978. The number of halogens is 2. The van der Waals surface area contributed by atoms with Crippen LogP contribution < -0.4 is 0 Å². The number of benzene rings is 2. The van der Waals surface area contributed by atoms with Gasteiger partial charge in [-0.1, -0.05) is 35.4 Å². The van der Waals surface area contributed by atoms with Gasteiger partial charge in [-0.15, -0.1) is 0 Å². The Morgan fingerprint density at radius 3 is 2.46 bits per heavy atom. The molecule has 0 atom stereocenters. The number of aryl methyl sites for hydroxylation is 1. The molecule has 3 nitrogen and oxygen atoms in total. The summed E-state index contributed by atoms with van der Waals surface area (Å²) < 4.78 is 16.0. The molecule has 1 aliphatic heterocycles. The Labute approximate surface area is 162 Å². The highest BCUT2D eigenvalue weighted by atomic mass is 35.5. The zero-order valence-corrected chi connectivity index (χ0v) is 16.1. The van der Waals surface area contributed by atoms with Crippen LogP contribution in [-0.4, -0.2) is 41.3 Å². The fraction of sp³-hybridized carbons (Fsp3) is 0.250. The van der Waals surface area contributed by atoms with Crippen LogP contribution in [0.4, 0.5) is 4.39 Å². The minimum Gasteiger partial charge on any atom is -0.337 e. The van der Waals surface area contributed by atoms with Crippen LogP contribution in [0.25, 0.3) is 6.08 Å². The number of carbonyl (C=O) groups is 1. The highest BCUT2D eigenvalue weighted by Gasteiger charge is 2.20. The van der Waals surface area contributed by atoms with Gasteiger partial charge in [-0.05, 0) is 49.2 Å². The number of hydrogen-bond donors (Lipinski definition) is 0. The van der Waals surface area contributed by atoms with E-state index in [1.54, 1.807) is 29.0 Å². The van der Waals surface area contributed by atoms with Crippen LogP contribution >= 0.6 is 23.5 Å². The molecule has 1 saturated heterocycles. The van der Waals surface area contributed by atoms with Crippen LogP contribution in [0, 0.1) is 12.7 Å². The van der Waals surface area contributed by atoms with E-state index in [-0.39, 0.29) is 5.91 Å². The lowest BCUT2D eigenvalue weighted by molar-refractivity contribution is -0.127. The summed E-state index contributed by atoms with van der Waals surface area (Å²) in [6, 6.07) is 12.8. The summed E-state index contributed by atoms with van der Waals surface area (Å²) in [5.74, 6) is -0.528. The molecule has 2 aromatic rings. The minimum atomic E-state index is -0.430. The van der Waals surface area contributed by atoms with Crippen LogP contribution in [-0.2, 0) is 4.79 Å². The molecule has 0 spiro atoms. The first kappa shape index (κ1) is 19.0. The Morgan fingerprint density at radius 1 is 1.12 bits per heavy atom. The second-order valence-electron chi connectivity index (χ2n) is 6.16. The van der Waals surface area contributed by atoms with Crippen molar-refractivity contribution in [3.8, 4) is 0 Å². The van der Waals surface area contributed by atoms with Crippen LogP contribution in [0.1, 0.15) is 11.1 Å². The molecule has 0 bridgehead atoms. The van der Waals surface area contributed by atoms with Gasteiger partial charge in [0.1, 0.15) is 5.82 Å². The molecule has 3 rings (SSSR count). The third-order valence-electron chi connectivity index (χ3n) is 4.17. The van der Waals surface area contributed by atoms with Crippen molar-refractivity contribution in [1.29, 1.82) is 0 Å². The van der Waals surface area contributed by atoms with Crippen LogP contribution in [0.5, 0.6) is 0 Å². The molecule has 0 unspecified atom stereocenters. The topological polar surface area (TPSA) is 23.6 Å². The van der Waals surface area contributed by atoms with E-state index >= 15 is 0 Å². The number of nitrogens with zero attached hydrogens (tertiary/aromatic N) is 2. The van der Waals surface area contributed by atoms with E-state index in [9.17, 15) is 9.18 Å². The molecule has 1 heterocycles. The Balaban J connectivity index is 1.51. The van der Waals surface area contributed by atoms with E-state index in [2.05, 4.69) is 35.5 Å². The normalized spacial score (nSPS) is 15.6. The fourth-order valence-electron chi connectivity index (χ4n) is 2.65. The van der Waals surface area contributed by atoms with Gasteiger partial charge in [-0.2, -0.15) is 0 Å². The highest BCUT2D eigenvalue weighted by Crippen LogP contribution is 2.24. The number of carbonyl (C=O) groups excluding carboxylic acids is 1. The van der Waals surface area contributed by atoms with Crippen molar-refractivity contribution < 1.29 is 9.18 Å². The SMILES string of the molecule is Cc1ccc(SN2CCN(C(=O)/C=C/c3ccc(Cl)cc3F)CC2)cc1. The molecule has 0 N–H and O–H groups in total. The van der Waals surface area contributed by atoms with Gasteiger partial charge < -0.3 is 4.90 Å². The van der Waals surface area contributed by atoms with Crippen LogP contribution in [0.2, 0.25) is 5.02 Å². The van der Waals surface area contributed by atoms with Gasteiger partial charge in [0, 0.05) is 47.7 Å². The fourth-order valence-corrected chi connectivity index (χ4v) is 3.71. The molecule has 136 valence electrons. The molecule has 2 aromatic carbocycles. The average Bonchev–Trinajstić information content (AvgIpc) is 2.63. The van der Waals surface area contributed by atoms with Crippen molar-refractivity contribution in [3.05, 3.63) is 70.5 Å². The molecule has 6 heteroatoms. The lowest BCUT2D eigenvalue weighted by atomic mass is 10.2. The highest BCUT2D eigenvalue weighted by molar-refractivity contribution is 7.97. The lowest BCUT2D eigenvalue weighted by Crippen LogP contribution is -2.45. The van der Waals surface area contributed by atoms with Gasteiger partial charge in [0.05, 0.1) is 0 Å². The lowest BCUT2D eigenvalue weighted by Gasteiger charge is -2.33. The van der Waals surface area contributed by atoms with E-state index in [0.29, 0.717) is 23.7 Å². The van der Waals surface area contributed by atoms with E-state index in [0.717, 1.165) is 13.1 Å². The summed E-state index contributed by atoms with van der Waals surface area (Å²) >= 11 is 7.45. The van der Waals surface area contributed by atoms with E-state index < -0.39 is 5.82 Å². The van der Waals surface area contributed by atoms with Gasteiger partial charge in [0.2, 0.25) is 5.91 Å². The van der Waals surface area contributed by atoms with Crippen LogP contribution in [0.3, 0.4) is 0 Å². The van der Waals surface area contributed by atoms with Crippen LogP contribution in [0.15, 0.2) is 53.4 Å². The molecule has 26 heavy (non-hydrogen) atoms. The first-order valence-corrected chi connectivity index (χ1v) is 9.58. The summed E-state index contributed by atoms with van der Waals surface area (Å²) in [4.78, 5) is 15.3. The number of amides is 1. The molecule has 1 amide bonds. The molecule has 0 saturated carbocycles. The predicted octanol–water partition coefficient (Wildman–Crippen LogP) is 4.65. The Hall–Kier alpha value is -1.82. The van der Waals surface area contributed by atoms with Crippen molar-refractivity contribution in [2.24, 2.45) is 0 Å². The summed E-state index contributed by atoms with van der Waals surface area (Å²) in [6.45, 7) is 4.99. The monoisotopic (exact) mass is 390 g/mol. The Morgan fingerprint density at radius 2 is 1.81 bits per heavy atom. The standard InChI is InChI=1S/C20H20ClFN2OS/c1-15-2-7-18(8-3-15)26-24-12-10-23(11-13-24)20(25)9-5-16-4-6-17(21)14-19(16)22/h2-9,14H,10-13H2,1H3/b9-5+.